The molecule has 292 valence electrons. The Hall–Kier alpha value is -5.69. The van der Waals surface area contributed by atoms with Crippen molar-refractivity contribution in [1.29, 1.82) is 0 Å². The molecule has 4 aromatic rings. The van der Waals surface area contributed by atoms with Crippen LogP contribution in [0.2, 0.25) is 5.02 Å². The van der Waals surface area contributed by atoms with Crippen LogP contribution in [0.1, 0.15) is 46.6 Å². The summed E-state index contributed by atoms with van der Waals surface area (Å²) in [4.78, 5) is 60.4. The normalized spacial score (nSPS) is 25.9. The molecule has 4 aliphatic rings. The first-order chi connectivity index (χ1) is 27.0. The van der Waals surface area contributed by atoms with Crippen LogP contribution in [0.4, 0.5) is 37.7 Å². The number of carbonyl (C=O) groups is 4. The van der Waals surface area contributed by atoms with E-state index in [9.17, 15) is 45.8 Å². The molecule has 6 atom stereocenters. The fourth-order valence-corrected chi connectivity index (χ4v) is 9.76. The summed E-state index contributed by atoms with van der Waals surface area (Å²) >= 11 is 6.34. The Morgan fingerprint density at radius 1 is 0.772 bits per heavy atom. The van der Waals surface area contributed by atoms with E-state index in [4.69, 9.17) is 11.6 Å². The van der Waals surface area contributed by atoms with Gasteiger partial charge in [-0.1, -0.05) is 83.9 Å². The van der Waals surface area contributed by atoms with E-state index in [1.807, 2.05) is 0 Å². The lowest BCUT2D eigenvalue weighted by Crippen LogP contribution is -2.53. The maximum atomic E-state index is 15.4. The van der Waals surface area contributed by atoms with Crippen molar-refractivity contribution < 1.29 is 50.6 Å². The Kier molecular flexibility index (Phi) is 9.02. The second kappa shape index (κ2) is 13.5. The number of nitrogens with zero attached hydrogens (tertiary/aromatic N) is 2. The number of hydrogen-bond acceptors (Lipinski definition) is 5. The molecule has 3 fully saturated rings. The van der Waals surface area contributed by atoms with Crippen molar-refractivity contribution in [1.82, 2.24) is 0 Å². The van der Waals surface area contributed by atoms with Crippen LogP contribution >= 0.6 is 11.6 Å². The average Bonchev–Trinajstić information content (AvgIpc) is 3.56. The molecule has 4 aromatic carbocycles. The minimum Gasteiger partial charge on any atom is -0.507 e. The van der Waals surface area contributed by atoms with Gasteiger partial charge >= 0.3 is 12.4 Å². The summed E-state index contributed by atoms with van der Waals surface area (Å²) < 4.78 is 83.6. The minimum absolute atomic E-state index is 0.0858. The van der Waals surface area contributed by atoms with Gasteiger partial charge in [0.2, 0.25) is 23.6 Å². The standard InChI is InChI=1S/C43H31ClF6N2O5/c1-2-8-22-9-6-14-31(36(22)53)35-29-15-16-30-34(39(56)51(37(30)54)28-18-24(42(45,46)47)17-25(19-28)43(48,49)50)32(29)21-33-38(55)52(27-13-7-12-26(44)20-27)40(57)41(33,35)23-10-4-3-5-11-23/h2-7,9-15,17-20,30,32-35,53H,1,8,16,21H2. The summed E-state index contributed by atoms with van der Waals surface area (Å²) in [6.45, 7) is 3.78. The highest BCUT2D eigenvalue weighted by Gasteiger charge is 2.70. The number of fused-ring (bicyclic) bond motifs is 4. The molecule has 0 aromatic heterocycles. The average molecular weight is 805 g/mol. The number of phenols is 1. The van der Waals surface area contributed by atoms with E-state index in [-0.39, 0.29) is 47.4 Å². The molecule has 57 heavy (non-hydrogen) atoms. The molecule has 4 amide bonds. The van der Waals surface area contributed by atoms with E-state index < -0.39 is 87.8 Å². The van der Waals surface area contributed by atoms with Crippen LogP contribution in [0.25, 0.3) is 0 Å². The molecule has 1 saturated carbocycles. The first-order valence-electron chi connectivity index (χ1n) is 18.0. The summed E-state index contributed by atoms with van der Waals surface area (Å²) in [7, 11) is 0. The third kappa shape index (κ3) is 5.80. The fourth-order valence-electron chi connectivity index (χ4n) is 9.57. The summed E-state index contributed by atoms with van der Waals surface area (Å²) in [5.41, 5.74) is -4.30. The van der Waals surface area contributed by atoms with Gasteiger partial charge in [-0.15, -0.1) is 6.58 Å². The minimum atomic E-state index is -5.24. The number of benzene rings is 4. The predicted octanol–water partition coefficient (Wildman–Crippen LogP) is 9.18. The van der Waals surface area contributed by atoms with Gasteiger partial charge in [0.25, 0.3) is 0 Å². The van der Waals surface area contributed by atoms with Crippen molar-refractivity contribution in [2.75, 3.05) is 9.80 Å². The number of hydrogen-bond donors (Lipinski definition) is 1. The highest BCUT2D eigenvalue weighted by Crippen LogP contribution is 2.65. The molecule has 0 bridgehead atoms. The molecule has 14 heteroatoms. The van der Waals surface area contributed by atoms with E-state index in [0.717, 1.165) is 4.90 Å². The first-order valence-corrected chi connectivity index (χ1v) is 18.4. The van der Waals surface area contributed by atoms with Gasteiger partial charge in [0.1, 0.15) is 5.75 Å². The highest BCUT2D eigenvalue weighted by atomic mass is 35.5. The number of anilines is 2. The number of rotatable bonds is 6. The van der Waals surface area contributed by atoms with Crippen molar-refractivity contribution in [3.8, 4) is 5.75 Å². The SMILES string of the molecule is C=CCc1cccc(C2C3=CCC4C(=O)N(c5cc(C(F)(F)F)cc(C(F)(F)F)c5)C(=O)C4C3CC3C(=O)N(c4cccc(Cl)c4)C(=O)C32c2ccccc2)c1O. The molecule has 2 aliphatic heterocycles. The lowest BCUT2D eigenvalue weighted by molar-refractivity contribution is -0.143. The molecule has 1 N–H and O–H groups in total. The third-order valence-corrected chi connectivity index (χ3v) is 12.1. The molecule has 7 nitrogen and oxygen atoms in total. The van der Waals surface area contributed by atoms with Crippen LogP contribution in [-0.4, -0.2) is 28.7 Å². The second-order valence-electron chi connectivity index (χ2n) is 14.7. The van der Waals surface area contributed by atoms with Crippen LogP contribution in [0.5, 0.6) is 5.75 Å². The number of carbonyl (C=O) groups excluding carboxylic acids is 4. The van der Waals surface area contributed by atoms with Crippen LogP contribution in [0, 0.1) is 23.7 Å². The Labute approximate surface area is 326 Å². The van der Waals surface area contributed by atoms with Gasteiger partial charge in [-0.25, -0.2) is 9.80 Å². The molecular formula is C43H31ClF6N2O5. The van der Waals surface area contributed by atoms with Gasteiger partial charge in [0.15, 0.2) is 0 Å². The van der Waals surface area contributed by atoms with Crippen molar-refractivity contribution in [2.45, 2.75) is 42.9 Å². The number of imide groups is 2. The molecule has 8 rings (SSSR count). The van der Waals surface area contributed by atoms with Gasteiger partial charge < -0.3 is 5.11 Å². The second-order valence-corrected chi connectivity index (χ2v) is 15.2. The highest BCUT2D eigenvalue weighted by molar-refractivity contribution is 6.32. The predicted molar refractivity (Wildman–Crippen MR) is 197 cm³/mol. The van der Waals surface area contributed by atoms with Crippen molar-refractivity contribution in [2.24, 2.45) is 23.7 Å². The first kappa shape index (κ1) is 38.2. The number of allylic oxidation sites excluding steroid dienone is 3. The molecule has 2 aliphatic carbocycles. The molecule has 2 heterocycles. The van der Waals surface area contributed by atoms with E-state index in [2.05, 4.69) is 6.58 Å². The van der Waals surface area contributed by atoms with E-state index in [1.165, 1.54) is 6.07 Å². The maximum absolute atomic E-state index is 15.4. The van der Waals surface area contributed by atoms with Crippen LogP contribution in [-0.2, 0) is 43.4 Å². The van der Waals surface area contributed by atoms with Gasteiger partial charge in [-0.3, -0.25) is 19.2 Å². The lowest BCUT2D eigenvalue weighted by Gasteiger charge is -2.50. The maximum Gasteiger partial charge on any atom is 0.416 e. The summed E-state index contributed by atoms with van der Waals surface area (Å²) in [6, 6.07) is 20.2. The van der Waals surface area contributed by atoms with Crippen molar-refractivity contribution in [3.05, 3.63) is 148 Å². The number of phenolic OH excluding ortho intramolecular Hbond substituents is 1. The van der Waals surface area contributed by atoms with E-state index >= 15 is 4.79 Å². The molecular weight excluding hydrogens is 774 g/mol. The Morgan fingerprint density at radius 2 is 1.44 bits per heavy atom. The number of aromatic hydroxyl groups is 1. The van der Waals surface area contributed by atoms with Crippen LogP contribution in [0.15, 0.2) is 115 Å². The summed E-state index contributed by atoms with van der Waals surface area (Å²) in [6.07, 6.45) is -7.39. The number of amides is 4. The summed E-state index contributed by atoms with van der Waals surface area (Å²) in [5.74, 6) is -9.44. The van der Waals surface area contributed by atoms with E-state index in [1.54, 1.807) is 78.9 Å². The Bertz CT molecular complexity index is 2380. The third-order valence-electron chi connectivity index (χ3n) is 11.8. The number of alkyl halides is 6. The molecule has 0 spiro atoms. The zero-order valence-electron chi connectivity index (χ0n) is 29.7. The zero-order valence-corrected chi connectivity index (χ0v) is 30.4. The number of para-hydroxylation sites is 1. The van der Waals surface area contributed by atoms with Crippen molar-refractivity contribution in [3.63, 3.8) is 0 Å². The summed E-state index contributed by atoms with van der Waals surface area (Å²) in [5, 5.41) is 12.2. The molecule has 0 radical (unpaired) electrons. The quantitative estimate of drug-likeness (QED) is 0.119. The smallest absolute Gasteiger partial charge is 0.416 e. The lowest BCUT2D eigenvalue weighted by atomic mass is 9.49. The van der Waals surface area contributed by atoms with Gasteiger partial charge in [-0.05, 0) is 72.7 Å². The van der Waals surface area contributed by atoms with Gasteiger partial charge in [0, 0.05) is 16.5 Å². The van der Waals surface area contributed by atoms with Gasteiger partial charge in [-0.2, -0.15) is 26.3 Å². The van der Waals surface area contributed by atoms with Crippen LogP contribution in [0.3, 0.4) is 0 Å². The monoisotopic (exact) mass is 804 g/mol. The topological polar surface area (TPSA) is 95.0 Å². The molecule has 6 unspecified atom stereocenters. The Balaban J connectivity index is 1.34. The zero-order chi connectivity index (χ0) is 40.8. The van der Waals surface area contributed by atoms with Crippen LogP contribution < -0.4 is 9.80 Å². The largest absolute Gasteiger partial charge is 0.507 e. The molecule has 2 saturated heterocycles. The van der Waals surface area contributed by atoms with Crippen molar-refractivity contribution >= 4 is 46.6 Å². The Morgan fingerprint density at radius 3 is 2.07 bits per heavy atom. The fraction of sp³-hybridized carbons (Fsp3) is 0.256. The van der Waals surface area contributed by atoms with E-state index in [0.29, 0.717) is 33.7 Å². The number of halogens is 7. The van der Waals surface area contributed by atoms with Gasteiger partial charge in [0.05, 0.1) is 45.7 Å².